The molecule has 0 saturated heterocycles. The van der Waals surface area contributed by atoms with Crippen LogP contribution in [0.15, 0.2) is 0 Å². The van der Waals surface area contributed by atoms with Gasteiger partial charge < -0.3 is 0 Å². The van der Waals surface area contributed by atoms with Crippen LogP contribution in [-0.4, -0.2) is 18.6 Å². The largest absolute Gasteiger partial charge is 0.218 e. The highest BCUT2D eigenvalue weighted by atomic mass is 127. The third kappa shape index (κ3) is 7.41. The minimum absolute atomic E-state index is 0.286. The Hall–Kier alpha value is 1.41. The van der Waals surface area contributed by atoms with E-state index in [0.29, 0.717) is 4.43 Å². The van der Waals surface area contributed by atoms with Gasteiger partial charge in [-0.15, -0.1) is 0 Å². The molecule has 7 heavy (non-hydrogen) atoms. The van der Waals surface area contributed by atoms with Gasteiger partial charge in [0, 0.05) is 4.43 Å². The van der Waals surface area contributed by atoms with Crippen molar-refractivity contribution in [3.05, 3.63) is 0 Å². The molecule has 0 aromatic rings. The maximum absolute atomic E-state index is 10.2. The summed E-state index contributed by atoms with van der Waals surface area (Å²) in [6, 6.07) is 0. The molecule has 0 spiro atoms. The van der Waals surface area contributed by atoms with Crippen LogP contribution in [0.5, 0.6) is 0 Å². The topological polar surface area (TPSA) is 34.1 Å². The first-order valence-corrected chi connectivity index (χ1v) is 7.26. The van der Waals surface area contributed by atoms with E-state index in [9.17, 15) is 8.42 Å². The molecule has 0 N–H and O–H groups in total. The average molecular weight is 346 g/mol. The monoisotopic (exact) mass is 346 g/mol. The van der Waals surface area contributed by atoms with Gasteiger partial charge >= 0.3 is 0 Å². The van der Waals surface area contributed by atoms with Crippen LogP contribution in [0.25, 0.3) is 0 Å². The molecule has 0 heterocycles. The molecule has 0 aromatic heterocycles. The number of halogens is 2. The van der Waals surface area contributed by atoms with Crippen molar-refractivity contribution < 1.29 is 8.42 Å². The Bertz CT molecular complexity index is 127. The molecule has 0 aliphatic rings. The zero-order chi connectivity index (χ0) is 5.91. The predicted molar refractivity (Wildman–Crippen MR) is 46.7 cm³/mol. The van der Waals surface area contributed by atoms with E-state index in [1.165, 1.54) is 21.2 Å². The molecule has 0 aliphatic carbocycles. The Labute approximate surface area is 68.7 Å². The van der Waals surface area contributed by atoms with E-state index in [-0.39, 0.29) is 5.75 Å². The first-order chi connectivity index (χ1) is 3.06. The zero-order valence-corrected chi connectivity index (χ0v) is 8.53. The molecule has 0 amide bonds. The highest BCUT2D eigenvalue weighted by molar-refractivity contribution is 14.2. The number of rotatable bonds is 2. The summed E-state index contributed by atoms with van der Waals surface area (Å²) in [6.45, 7) is 0. The van der Waals surface area contributed by atoms with Crippen molar-refractivity contribution in [3.63, 3.8) is 0 Å². The van der Waals surface area contributed by atoms with E-state index in [1.807, 2.05) is 22.6 Å². The van der Waals surface area contributed by atoms with Gasteiger partial charge in [0.1, 0.15) is 0 Å². The first kappa shape index (κ1) is 8.41. The van der Waals surface area contributed by atoms with Crippen molar-refractivity contribution in [1.82, 2.24) is 0 Å². The second-order valence-corrected chi connectivity index (χ2v) is 7.52. The van der Waals surface area contributed by atoms with Gasteiger partial charge in [-0.25, -0.2) is 8.42 Å². The lowest BCUT2D eigenvalue weighted by Gasteiger charge is -1.83. The fourth-order valence-electron chi connectivity index (χ4n) is 0.0922. The van der Waals surface area contributed by atoms with Gasteiger partial charge in [-0.05, 0) is 0 Å². The Morgan fingerprint density at radius 1 is 1.43 bits per heavy atom. The molecular formula is C2H4I2O2S. The average Bonchev–Trinajstić information content (AvgIpc) is 1.30. The standard InChI is InChI=1S/C2H4I2O2S/c3-1-2-7(4,5)6/h1-2H2. The Morgan fingerprint density at radius 3 is 1.86 bits per heavy atom. The van der Waals surface area contributed by atoms with Gasteiger partial charge in [0.15, 0.2) is 0 Å². The normalized spacial score (nSPS) is 11.7. The second-order valence-electron chi connectivity index (χ2n) is 0.932. The van der Waals surface area contributed by atoms with Gasteiger partial charge in [0.05, 0.1) is 27.0 Å². The molecule has 0 atom stereocenters. The maximum Gasteiger partial charge on any atom is 0.203 e. The van der Waals surface area contributed by atoms with Crippen LogP contribution in [-0.2, 0) is 7.01 Å². The van der Waals surface area contributed by atoms with Crippen molar-refractivity contribution in [1.29, 1.82) is 0 Å². The van der Waals surface area contributed by atoms with E-state index >= 15 is 0 Å². The Balaban J connectivity index is 3.60. The van der Waals surface area contributed by atoms with E-state index in [4.69, 9.17) is 0 Å². The van der Waals surface area contributed by atoms with Crippen molar-refractivity contribution >= 4 is 50.8 Å². The number of hydrogen-bond acceptors (Lipinski definition) is 2. The molecular weight excluding hydrogens is 342 g/mol. The summed E-state index contributed by atoms with van der Waals surface area (Å²) in [7, 11) is -2.71. The minimum atomic E-state index is -2.71. The van der Waals surface area contributed by atoms with E-state index in [2.05, 4.69) is 0 Å². The van der Waals surface area contributed by atoms with Crippen molar-refractivity contribution in [2.24, 2.45) is 0 Å². The van der Waals surface area contributed by atoms with Gasteiger partial charge in [0.2, 0.25) is 7.01 Å². The van der Waals surface area contributed by atoms with Crippen molar-refractivity contribution in [2.75, 3.05) is 10.2 Å². The molecule has 0 radical (unpaired) electrons. The van der Waals surface area contributed by atoms with Crippen LogP contribution >= 0.6 is 43.8 Å². The Morgan fingerprint density at radius 2 is 1.86 bits per heavy atom. The van der Waals surface area contributed by atoms with Crippen LogP contribution in [0.3, 0.4) is 0 Å². The molecule has 0 aliphatic heterocycles. The van der Waals surface area contributed by atoms with E-state index in [1.54, 1.807) is 0 Å². The summed E-state index contributed by atoms with van der Waals surface area (Å²) in [5.74, 6) is 0.286. The van der Waals surface area contributed by atoms with Crippen LogP contribution in [0.1, 0.15) is 0 Å². The van der Waals surface area contributed by atoms with E-state index in [0.717, 1.165) is 0 Å². The molecule has 0 fully saturated rings. The first-order valence-electron chi connectivity index (χ1n) is 1.54. The lowest BCUT2D eigenvalue weighted by molar-refractivity contribution is 0.614. The third-order valence-corrected chi connectivity index (χ3v) is 3.61. The van der Waals surface area contributed by atoms with Crippen molar-refractivity contribution in [2.45, 2.75) is 0 Å². The summed E-state index contributed by atoms with van der Waals surface area (Å²) in [6.07, 6.45) is 0. The summed E-state index contributed by atoms with van der Waals surface area (Å²) in [5.41, 5.74) is 0. The Kier molecular flexibility index (Phi) is 4.13. The summed E-state index contributed by atoms with van der Waals surface area (Å²) in [5, 5.41) is 0. The molecule has 0 unspecified atom stereocenters. The quantitative estimate of drug-likeness (QED) is 0.428. The molecule has 2 nitrogen and oxygen atoms in total. The van der Waals surface area contributed by atoms with Gasteiger partial charge in [0.25, 0.3) is 0 Å². The van der Waals surface area contributed by atoms with Crippen LogP contribution in [0, 0.1) is 0 Å². The number of hydrogen-bond donors (Lipinski definition) is 0. The summed E-state index contributed by atoms with van der Waals surface area (Å²) in [4.78, 5) is 0. The summed E-state index contributed by atoms with van der Waals surface area (Å²) < 4.78 is 21.1. The lowest BCUT2D eigenvalue weighted by Crippen LogP contribution is -1.95. The fraction of sp³-hybridized carbons (Fsp3) is 1.00. The molecule has 5 heteroatoms. The summed E-state index contributed by atoms with van der Waals surface area (Å²) >= 11 is 3.47. The number of alkyl halides is 1. The molecule has 0 bridgehead atoms. The van der Waals surface area contributed by atoms with Crippen LogP contribution in [0.2, 0.25) is 0 Å². The van der Waals surface area contributed by atoms with Gasteiger partial charge in [-0.1, -0.05) is 22.6 Å². The third-order valence-electron chi connectivity index (χ3n) is 0.321. The van der Waals surface area contributed by atoms with E-state index < -0.39 is 7.01 Å². The molecule has 0 rings (SSSR count). The van der Waals surface area contributed by atoms with Crippen LogP contribution in [0.4, 0.5) is 0 Å². The van der Waals surface area contributed by atoms with Gasteiger partial charge in [-0.3, -0.25) is 0 Å². The second kappa shape index (κ2) is 3.44. The maximum atomic E-state index is 10.2. The SMILES string of the molecule is O=S(=O)(I)CCI. The zero-order valence-electron chi connectivity index (χ0n) is 3.39. The van der Waals surface area contributed by atoms with Crippen molar-refractivity contribution in [3.8, 4) is 0 Å². The fourth-order valence-corrected chi connectivity index (χ4v) is 5.20. The minimum Gasteiger partial charge on any atom is -0.218 e. The predicted octanol–water partition coefficient (Wildman–Crippen LogP) is 1.19. The molecule has 0 saturated carbocycles. The molecule has 0 aromatic carbocycles. The smallest absolute Gasteiger partial charge is 0.203 e. The van der Waals surface area contributed by atoms with Crippen LogP contribution < -0.4 is 0 Å². The molecule has 44 valence electrons. The highest BCUT2D eigenvalue weighted by Crippen LogP contribution is 2.01. The highest BCUT2D eigenvalue weighted by Gasteiger charge is 1.99. The lowest BCUT2D eigenvalue weighted by atomic mass is 11.0. The van der Waals surface area contributed by atoms with Gasteiger partial charge in [-0.2, -0.15) is 0 Å².